The van der Waals surface area contributed by atoms with Gasteiger partial charge in [-0.05, 0) is 24.3 Å². The van der Waals surface area contributed by atoms with Crippen molar-refractivity contribution in [2.75, 3.05) is 5.32 Å². The molecule has 0 radical (unpaired) electrons. The van der Waals surface area contributed by atoms with Crippen LogP contribution in [0.25, 0.3) is 11.3 Å². The monoisotopic (exact) mass is 315 g/mol. The molecule has 0 aliphatic carbocycles. The third-order valence-electron chi connectivity index (χ3n) is 2.98. The van der Waals surface area contributed by atoms with Crippen LogP contribution in [0.3, 0.4) is 0 Å². The van der Waals surface area contributed by atoms with E-state index < -0.39 is 5.97 Å². The van der Waals surface area contributed by atoms with E-state index in [0.29, 0.717) is 16.9 Å². The number of rotatable bonds is 4. The van der Waals surface area contributed by atoms with Crippen molar-refractivity contribution in [2.24, 2.45) is 0 Å². The number of hydrogen-bond acceptors (Lipinski definition) is 6. The van der Waals surface area contributed by atoms with Gasteiger partial charge in [-0.2, -0.15) is 15.8 Å². The Morgan fingerprint density at radius 1 is 1.04 bits per heavy atom. The molecule has 0 aliphatic rings. The average Bonchev–Trinajstić information content (AvgIpc) is 2.62. The lowest BCUT2D eigenvalue weighted by molar-refractivity contribution is 0.0690. The Bertz CT molecular complexity index is 942. The molecule has 7 nitrogen and oxygen atoms in total. The quantitative estimate of drug-likeness (QED) is 0.828. The van der Waals surface area contributed by atoms with Gasteiger partial charge in [-0.1, -0.05) is 18.2 Å². The lowest BCUT2D eigenvalue weighted by Crippen LogP contribution is -2.02. The first-order valence-corrected chi connectivity index (χ1v) is 6.61. The zero-order chi connectivity index (χ0) is 17.5. The van der Waals surface area contributed by atoms with Crippen molar-refractivity contribution in [3.63, 3.8) is 0 Å². The fraction of sp³-hybridized carbons (Fsp3) is 0. The van der Waals surface area contributed by atoms with Crippen molar-refractivity contribution in [1.82, 2.24) is 4.98 Å². The van der Waals surface area contributed by atoms with E-state index >= 15 is 0 Å². The summed E-state index contributed by atoms with van der Waals surface area (Å²) in [4.78, 5) is 15.0. The van der Waals surface area contributed by atoms with Gasteiger partial charge in [0, 0.05) is 11.3 Å². The van der Waals surface area contributed by atoms with Crippen LogP contribution in [0, 0.1) is 34.0 Å². The second-order valence-electron chi connectivity index (χ2n) is 4.50. The van der Waals surface area contributed by atoms with Crippen molar-refractivity contribution in [3.05, 3.63) is 59.4 Å². The number of pyridine rings is 1. The Hall–Kier alpha value is -4.15. The van der Waals surface area contributed by atoms with E-state index in [9.17, 15) is 4.79 Å². The fourth-order valence-electron chi connectivity index (χ4n) is 1.90. The number of carbonyl (C=O) groups is 1. The van der Waals surface area contributed by atoms with Gasteiger partial charge in [-0.3, -0.25) is 0 Å². The highest BCUT2D eigenvalue weighted by Gasteiger charge is 2.09. The topological polar surface area (TPSA) is 134 Å². The molecule has 1 aromatic heterocycles. The van der Waals surface area contributed by atoms with Gasteiger partial charge in [0.25, 0.3) is 0 Å². The summed E-state index contributed by atoms with van der Waals surface area (Å²) in [5.74, 6) is -1.13. The van der Waals surface area contributed by atoms with Crippen molar-refractivity contribution < 1.29 is 9.90 Å². The molecule has 0 spiro atoms. The molecule has 1 heterocycles. The molecule has 2 rings (SSSR count). The fourth-order valence-corrected chi connectivity index (χ4v) is 1.90. The van der Waals surface area contributed by atoms with Gasteiger partial charge >= 0.3 is 5.97 Å². The van der Waals surface area contributed by atoms with Gasteiger partial charge in [0.15, 0.2) is 5.57 Å². The molecule has 0 atom stereocenters. The van der Waals surface area contributed by atoms with Crippen LogP contribution in [0.4, 0.5) is 5.69 Å². The molecular formula is C17H9N5O2. The van der Waals surface area contributed by atoms with Gasteiger partial charge in [0.1, 0.15) is 29.6 Å². The summed E-state index contributed by atoms with van der Waals surface area (Å²) in [6.07, 6.45) is 0. The first-order valence-electron chi connectivity index (χ1n) is 6.61. The van der Waals surface area contributed by atoms with Crippen LogP contribution in [0.2, 0.25) is 0 Å². The number of carboxylic acid groups (broad SMARTS) is 1. The normalized spacial score (nSPS) is 9.04. The van der Waals surface area contributed by atoms with Crippen LogP contribution >= 0.6 is 0 Å². The van der Waals surface area contributed by atoms with E-state index in [1.54, 1.807) is 54.6 Å². The largest absolute Gasteiger partial charge is 0.477 e. The number of anilines is 1. The highest BCUT2D eigenvalue weighted by Crippen LogP contribution is 2.22. The smallest absolute Gasteiger partial charge is 0.354 e. The van der Waals surface area contributed by atoms with Crippen LogP contribution in [-0.2, 0) is 0 Å². The van der Waals surface area contributed by atoms with E-state index in [2.05, 4.69) is 10.3 Å². The minimum Gasteiger partial charge on any atom is -0.477 e. The predicted octanol–water partition coefficient (Wildman–Crippen LogP) is 2.68. The van der Waals surface area contributed by atoms with Crippen molar-refractivity contribution in [3.8, 4) is 29.5 Å². The van der Waals surface area contributed by atoms with Crippen LogP contribution < -0.4 is 5.32 Å². The molecule has 0 aliphatic heterocycles. The Morgan fingerprint density at radius 2 is 1.75 bits per heavy atom. The molecular weight excluding hydrogens is 306 g/mol. The Balaban J connectivity index is 2.41. The number of nitriles is 3. The number of aromatic carboxylic acids is 1. The minimum atomic E-state index is -1.13. The standard InChI is InChI=1S/C17H9N5O2/c18-8-12(9-19)16(10-20)21-13-4-1-3-11(7-13)14-5-2-6-15(22-14)17(23)24/h1-7,21H,(H,23,24). The van der Waals surface area contributed by atoms with Gasteiger partial charge < -0.3 is 10.4 Å². The van der Waals surface area contributed by atoms with Crippen LogP contribution in [0.1, 0.15) is 10.5 Å². The lowest BCUT2D eigenvalue weighted by Gasteiger charge is -2.07. The summed E-state index contributed by atoms with van der Waals surface area (Å²) in [6.45, 7) is 0. The molecule has 0 unspecified atom stereocenters. The zero-order valence-electron chi connectivity index (χ0n) is 12.2. The summed E-state index contributed by atoms with van der Waals surface area (Å²) in [7, 11) is 0. The SMILES string of the molecule is N#CC(C#N)=C(C#N)Nc1cccc(-c2cccc(C(=O)O)n2)c1. The Kier molecular flexibility index (Phi) is 4.88. The van der Waals surface area contributed by atoms with E-state index in [1.807, 2.05) is 0 Å². The highest BCUT2D eigenvalue weighted by molar-refractivity contribution is 5.86. The predicted molar refractivity (Wildman–Crippen MR) is 84.1 cm³/mol. The first-order chi connectivity index (χ1) is 11.6. The van der Waals surface area contributed by atoms with Crippen molar-refractivity contribution in [1.29, 1.82) is 15.8 Å². The third-order valence-corrected chi connectivity index (χ3v) is 2.98. The van der Waals surface area contributed by atoms with Crippen molar-refractivity contribution >= 4 is 11.7 Å². The Labute approximate surface area is 137 Å². The van der Waals surface area contributed by atoms with E-state index in [1.165, 1.54) is 6.07 Å². The maximum atomic E-state index is 11.0. The molecule has 2 aromatic rings. The molecule has 0 amide bonds. The summed E-state index contributed by atoms with van der Waals surface area (Å²) >= 11 is 0. The summed E-state index contributed by atoms with van der Waals surface area (Å²) in [5.41, 5.74) is 0.963. The molecule has 114 valence electrons. The summed E-state index contributed by atoms with van der Waals surface area (Å²) < 4.78 is 0. The number of benzene rings is 1. The lowest BCUT2D eigenvalue weighted by atomic mass is 10.1. The summed E-state index contributed by atoms with van der Waals surface area (Å²) in [5, 5.41) is 38.4. The molecule has 0 saturated carbocycles. The second kappa shape index (κ2) is 7.22. The van der Waals surface area contributed by atoms with Gasteiger partial charge in [-0.15, -0.1) is 0 Å². The zero-order valence-corrected chi connectivity index (χ0v) is 12.2. The van der Waals surface area contributed by atoms with Crippen LogP contribution in [-0.4, -0.2) is 16.1 Å². The highest BCUT2D eigenvalue weighted by atomic mass is 16.4. The third kappa shape index (κ3) is 3.54. The van der Waals surface area contributed by atoms with Gasteiger partial charge in [0.05, 0.1) is 5.69 Å². The maximum absolute atomic E-state index is 11.0. The number of aromatic nitrogens is 1. The second-order valence-corrected chi connectivity index (χ2v) is 4.50. The Morgan fingerprint density at radius 3 is 2.38 bits per heavy atom. The van der Waals surface area contributed by atoms with Crippen LogP contribution in [0.15, 0.2) is 53.7 Å². The number of nitrogens with zero attached hydrogens (tertiary/aromatic N) is 4. The maximum Gasteiger partial charge on any atom is 0.354 e. The van der Waals surface area contributed by atoms with E-state index in [0.717, 1.165) is 0 Å². The summed E-state index contributed by atoms with van der Waals surface area (Å²) in [6, 6.07) is 16.4. The minimum absolute atomic E-state index is 0.0836. The van der Waals surface area contributed by atoms with E-state index in [4.69, 9.17) is 20.9 Å². The molecule has 1 aromatic carbocycles. The van der Waals surface area contributed by atoms with E-state index in [-0.39, 0.29) is 17.0 Å². The first kappa shape index (κ1) is 16.2. The van der Waals surface area contributed by atoms with Crippen molar-refractivity contribution in [2.45, 2.75) is 0 Å². The molecule has 0 saturated heterocycles. The molecule has 0 fully saturated rings. The number of hydrogen-bond donors (Lipinski definition) is 2. The average molecular weight is 315 g/mol. The molecule has 24 heavy (non-hydrogen) atoms. The van der Waals surface area contributed by atoms with Crippen LogP contribution in [0.5, 0.6) is 0 Å². The number of nitrogens with one attached hydrogen (secondary N) is 1. The van der Waals surface area contributed by atoms with Gasteiger partial charge in [-0.25, -0.2) is 9.78 Å². The number of carboxylic acids is 1. The van der Waals surface area contributed by atoms with Gasteiger partial charge in [0.2, 0.25) is 0 Å². The molecule has 0 bridgehead atoms. The number of allylic oxidation sites excluding steroid dienone is 2. The molecule has 7 heteroatoms. The molecule has 2 N–H and O–H groups in total.